The van der Waals surface area contributed by atoms with Crippen LogP contribution in [0.2, 0.25) is 0 Å². The molecule has 0 rings (SSSR count). The number of carbonyl (C=O) groups is 3. The second-order valence-corrected chi connectivity index (χ2v) is 15.6. The van der Waals surface area contributed by atoms with E-state index in [0.717, 1.165) is 57.8 Å². The van der Waals surface area contributed by atoms with Crippen molar-refractivity contribution >= 4 is 25.7 Å². The molecule has 0 heterocycles. The van der Waals surface area contributed by atoms with Crippen LogP contribution in [0.1, 0.15) is 142 Å². The molecular formula is C44H74NO12P. The van der Waals surface area contributed by atoms with Gasteiger partial charge >= 0.3 is 25.7 Å². The van der Waals surface area contributed by atoms with Gasteiger partial charge in [0, 0.05) is 12.8 Å². The van der Waals surface area contributed by atoms with Crippen molar-refractivity contribution in [3.8, 4) is 0 Å². The summed E-state index contributed by atoms with van der Waals surface area (Å²) < 4.78 is 32.5. The lowest BCUT2D eigenvalue weighted by atomic mass is 10.1. The van der Waals surface area contributed by atoms with Crippen LogP contribution in [-0.2, 0) is 37.5 Å². The fourth-order valence-corrected chi connectivity index (χ4v) is 5.95. The summed E-state index contributed by atoms with van der Waals surface area (Å²) in [5.41, 5.74) is 5.31. The van der Waals surface area contributed by atoms with Gasteiger partial charge in [-0.2, -0.15) is 0 Å². The van der Waals surface area contributed by atoms with Crippen molar-refractivity contribution in [3.05, 3.63) is 72.9 Å². The van der Waals surface area contributed by atoms with Crippen LogP contribution in [0.5, 0.6) is 0 Å². The number of unbranched alkanes of at least 4 members (excludes halogenated alkanes) is 11. The van der Waals surface area contributed by atoms with E-state index in [0.29, 0.717) is 12.8 Å². The number of ether oxygens (including phenoxy) is 2. The summed E-state index contributed by atoms with van der Waals surface area (Å²) in [6, 6.07) is -1.57. The lowest BCUT2D eigenvalue weighted by Gasteiger charge is -2.20. The summed E-state index contributed by atoms with van der Waals surface area (Å²) in [5.74, 6) is -2.68. The molecule has 0 spiro atoms. The summed E-state index contributed by atoms with van der Waals surface area (Å²) in [6.07, 6.45) is 37.4. The fourth-order valence-electron chi connectivity index (χ4n) is 5.17. The molecule has 6 N–H and O–H groups in total. The summed E-state index contributed by atoms with van der Waals surface area (Å²) in [4.78, 5) is 45.9. The van der Waals surface area contributed by atoms with Gasteiger partial charge in [-0.25, -0.2) is 4.57 Å². The molecule has 0 aliphatic carbocycles. The average Bonchev–Trinajstić information content (AvgIpc) is 3.19. The number of aliphatic hydroxyl groups excluding tert-OH is 2. The van der Waals surface area contributed by atoms with E-state index in [1.54, 1.807) is 36.5 Å². The van der Waals surface area contributed by atoms with E-state index in [4.69, 9.17) is 24.8 Å². The van der Waals surface area contributed by atoms with E-state index < -0.39 is 69.9 Å². The number of carboxylic acids is 1. The van der Waals surface area contributed by atoms with Gasteiger partial charge < -0.3 is 35.4 Å². The van der Waals surface area contributed by atoms with E-state index in [1.807, 2.05) is 6.08 Å². The molecule has 14 heteroatoms. The normalized spacial score (nSPS) is 15.6. The van der Waals surface area contributed by atoms with Crippen LogP contribution in [0.15, 0.2) is 72.9 Å². The second kappa shape index (κ2) is 38.1. The Bertz CT molecular complexity index is 1290. The first-order chi connectivity index (χ1) is 27.9. The van der Waals surface area contributed by atoms with Gasteiger partial charge in [0.15, 0.2) is 6.10 Å². The Balaban J connectivity index is 4.69. The molecule has 0 fully saturated rings. The molecule has 0 aromatic carbocycles. The smallest absolute Gasteiger partial charge is 0.472 e. The van der Waals surface area contributed by atoms with Crippen LogP contribution in [0.25, 0.3) is 0 Å². The number of esters is 2. The molecule has 0 saturated heterocycles. The number of rotatable bonds is 38. The van der Waals surface area contributed by atoms with E-state index in [9.17, 15) is 34.1 Å². The van der Waals surface area contributed by atoms with Crippen molar-refractivity contribution in [1.29, 1.82) is 0 Å². The van der Waals surface area contributed by atoms with E-state index in [2.05, 4.69) is 48.8 Å². The molecule has 332 valence electrons. The van der Waals surface area contributed by atoms with Gasteiger partial charge in [-0.3, -0.25) is 23.4 Å². The third-order valence-electron chi connectivity index (χ3n) is 8.62. The second-order valence-electron chi connectivity index (χ2n) is 14.2. The van der Waals surface area contributed by atoms with Gasteiger partial charge in [0.25, 0.3) is 0 Å². The highest BCUT2D eigenvalue weighted by Gasteiger charge is 2.28. The van der Waals surface area contributed by atoms with Crippen molar-refractivity contribution in [2.24, 2.45) is 5.73 Å². The number of carboxylic acid groups (broad SMARTS) is 1. The lowest BCUT2D eigenvalue weighted by Crippen LogP contribution is -2.34. The Morgan fingerprint density at radius 1 is 0.638 bits per heavy atom. The third-order valence-corrected chi connectivity index (χ3v) is 9.57. The zero-order valence-electron chi connectivity index (χ0n) is 35.1. The maximum absolute atomic E-state index is 12.6. The summed E-state index contributed by atoms with van der Waals surface area (Å²) >= 11 is 0. The van der Waals surface area contributed by atoms with Gasteiger partial charge in [-0.05, 0) is 70.6 Å². The van der Waals surface area contributed by atoms with Gasteiger partial charge in [0.05, 0.1) is 25.4 Å². The number of hydrogen-bond donors (Lipinski definition) is 5. The minimum absolute atomic E-state index is 0.106. The maximum Gasteiger partial charge on any atom is 0.472 e. The molecule has 0 saturated carbocycles. The van der Waals surface area contributed by atoms with Crippen LogP contribution in [0, 0.1) is 0 Å². The minimum Gasteiger partial charge on any atom is -0.480 e. The topological polar surface area (TPSA) is 212 Å². The molecule has 0 aliphatic heterocycles. The summed E-state index contributed by atoms with van der Waals surface area (Å²) in [6.45, 7) is 2.43. The molecule has 0 aromatic rings. The van der Waals surface area contributed by atoms with E-state index >= 15 is 0 Å². The van der Waals surface area contributed by atoms with Gasteiger partial charge in [-0.1, -0.05) is 132 Å². The number of phosphoric ester groups is 1. The summed E-state index contributed by atoms with van der Waals surface area (Å²) in [5, 5.41) is 29.2. The van der Waals surface area contributed by atoms with Gasteiger partial charge in [0.2, 0.25) is 0 Å². The zero-order chi connectivity index (χ0) is 43.1. The van der Waals surface area contributed by atoms with Crippen molar-refractivity contribution in [2.75, 3.05) is 19.8 Å². The first kappa shape index (κ1) is 54.8. The highest BCUT2D eigenvalue weighted by molar-refractivity contribution is 7.47. The number of aliphatic hydroxyl groups is 2. The average molecular weight is 840 g/mol. The zero-order valence-corrected chi connectivity index (χ0v) is 36.0. The van der Waals surface area contributed by atoms with Crippen molar-refractivity contribution in [1.82, 2.24) is 0 Å². The van der Waals surface area contributed by atoms with Crippen molar-refractivity contribution < 1.29 is 57.7 Å². The van der Waals surface area contributed by atoms with Gasteiger partial charge in [0.1, 0.15) is 12.6 Å². The van der Waals surface area contributed by atoms with E-state index in [1.165, 1.54) is 32.1 Å². The number of aliphatic carboxylic acids is 1. The highest BCUT2D eigenvalue weighted by Crippen LogP contribution is 2.43. The third kappa shape index (κ3) is 37.1. The predicted molar refractivity (Wildman–Crippen MR) is 229 cm³/mol. The first-order valence-electron chi connectivity index (χ1n) is 21.2. The Kier molecular flexibility index (Phi) is 36.0. The number of hydrogen-bond acceptors (Lipinski definition) is 11. The standard InChI is InChI=1S/C44H74NO12P/c1-3-5-7-9-11-12-13-14-15-16-17-18-19-21-27-33-42(48)54-35-40(36-55-58(52,53)56-37-41(45)44(50)51)57-43(49)34-28-32-39(47)31-26-23-22-25-30-38(46)29-24-20-10-8-6-4-2/h11-12,14-15,20,22-26,30-31,38-41,46-47H,3-10,13,16-19,21,27-29,32-37,45H2,1-2H3,(H,50,51)(H,52,53)/b12-11-,15-14-,23-22+,24-20-,30-25+,31-26-/t38-,39-,40+,41-/m0/s1. The number of phosphoric acid groups is 1. The van der Waals surface area contributed by atoms with Crippen LogP contribution < -0.4 is 5.73 Å². The van der Waals surface area contributed by atoms with Crippen LogP contribution in [0.4, 0.5) is 0 Å². The molecule has 5 atom stereocenters. The molecular weight excluding hydrogens is 765 g/mol. The Morgan fingerprint density at radius 2 is 1.17 bits per heavy atom. The SMILES string of the molecule is CCCCC/C=C\C/C=C\CCCCCCCC(=O)OC[C@H](COP(=O)(O)OC[C@H](N)C(=O)O)OC(=O)CCC[C@@H](O)\C=C/C=C/C=C/[C@@H](O)C/C=C\CCCCC. The molecule has 0 amide bonds. The van der Waals surface area contributed by atoms with Gasteiger partial charge in [-0.15, -0.1) is 0 Å². The number of nitrogens with two attached hydrogens (primary N) is 1. The quantitative estimate of drug-likeness (QED) is 0.0129. The largest absolute Gasteiger partial charge is 0.480 e. The first-order valence-corrected chi connectivity index (χ1v) is 22.7. The van der Waals surface area contributed by atoms with E-state index in [-0.39, 0.29) is 25.7 Å². The monoisotopic (exact) mass is 839 g/mol. The number of allylic oxidation sites excluding steroid dienone is 9. The molecule has 58 heavy (non-hydrogen) atoms. The highest BCUT2D eigenvalue weighted by atomic mass is 31.2. The molecule has 0 bridgehead atoms. The molecule has 1 unspecified atom stereocenters. The van der Waals surface area contributed by atoms with Crippen LogP contribution in [0.3, 0.4) is 0 Å². The van der Waals surface area contributed by atoms with Crippen molar-refractivity contribution in [2.45, 2.75) is 167 Å². The van der Waals surface area contributed by atoms with Crippen molar-refractivity contribution in [3.63, 3.8) is 0 Å². The molecule has 0 aromatic heterocycles. The Hall–Kier alpha value is -3.16. The minimum atomic E-state index is -4.79. The summed E-state index contributed by atoms with van der Waals surface area (Å²) in [7, 11) is -4.79. The molecule has 0 aliphatic rings. The van der Waals surface area contributed by atoms with Crippen LogP contribution >= 0.6 is 7.82 Å². The fraction of sp³-hybridized carbons (Fsp3) is 0.659. The Morgan fingerprint density at radius 3 is 1.79 bits per heavy atom. The molecule has 0 radical (unpaired) electrons. The number of carbonyl (C=O) groups excluding carboxylic acids is 2. The Labute approximate surface area is 347 Å². The van der Waals surface area contributed by atoms with Crippen LogP contribution in [-0.4, -0.2) is 82.3 Å². The maximum atomic E-state index is 12.6. The molecule has 13 nitrogen and oxygen atoms in total. The predicted octanol–water partition coefficient (Wildman–Crippen LogP) is 8.89. The lowest BCUT2D eigenvalue weighted by molar-refractivity contribution is -0.161.